The molecule has 0 bridgehead atoms. The second kappa shape index (κ2) is 6.94. The van der Waals surface area contributed by atoms with E-state index in [1.54, 1.807) is 0 Å². The number of nitrogens with zero attached hydrogens (tertiary/aromatic N) is 2. The molecule has 24 heavy (non-hydrogen) atoms. The van der Waals surface area contributed by atoms with Crippen LogP contribution >= 0.6 is 0 Å². The van der Waals surface area contributed by atoms with Gasteiger partial charge in [0.25, 0.3) is 0 Å². The highest BCUT2D eigenvalue weighted by atomic mass is 19.4. The van der Waals surface area contributed by atoms with Gasteiger partial charge in [0.15, 0.2) is 6.10 Å². The molecule has 0 radical (unpaired) electrons. The van der Waals surface area contributed by atoms with Gasteiger partial charge in [-0.1, -0.05) is 0 Å². The van der Waals surface area contributed by atoms with Crippen molar-refractivity contribution in [1.82, 2.24) is 5.06 Å². The van der Waals surface area contributed by atoms with Crippen LogP contribution in [0.5, 0.6) is 0 Å². The Kier molecular flexibility index (Phi) is 5.83. The zero-order valence-corrected chi connectivity index (χ0v) is 11.8. The minimum Gasteiger partial charge on any atom is -0.330 e. The molecule has 0 saturated heterocycles. The van der Waals surface area contributed by atoms with Crippen LogP contribution in [0.15, 0.2) is 23.4 Å². The van der Waals surface area contributed by atoms with Gasteiger partial charge in [0.1, 0.15) is 5.70 Å². The number of hydroxylamine groups is 2. The fourth-order valence-electron chi connectivity index (χ4n) is 1.75. The maximum atomic E-state index is 13.4. The van der Waals surface area contributed by atoms with Gasteiger partial charge in [-0.3, -0.25) is 4.84 Å². The van der Waals surface area contributed by atoms with Crippen molar-refractivity contribution < 1.29 is 40.0 Å². The van der Waals surface area contributed by atoms with E-state index in [0.29, 0.717) is 6.08 Å². The van der Waals surface area contributed by atoms with E-state index < -0.39 is 49.6 Å². The van der Waals surface area contributed by atoms with Gasteiger partial charge in [-0.2, -0.15) is 40.4 Å². The molecule has 0 aromatic heterocycles. The first-order chi connectivity index (χ1) is 10.8. The SMILES string of the molecule is N#CC1=CC=C(C(F)(F)F)N(OC(CCN)C(F)(F)C(F)(F)F)C1. The molecule has 12 heteroatoms. The summed E-state index contributed by atoms with van der Waals surface area (Å²) in [7, 11) is 0. The van der Waals surface area contributed by atoms with E-state index in [1.165, 1.54) is 6.07 Å². The number of hydrogen-bond donors (Lipinski definition) is 1. The number of allylic oxidation sites excluding steroid dienone is 3. The quantitative estimate of drug-likeness (QED) is 0.761. The molecule has 0 saturated carbocycles. The van der Waals surface area contributed by atoms with Crippen LogP contribution in [0.25, 0.3) is 0 Å². The highest BCUT2D eigenvalue weighted by Gasteiger charge is 2.63. The maximum Gasteiger partial charge on any atom is 0.456 e. The summed E-state index contributed by atoms with van der Waals surface area (Å²) in [6, 6.07) is 1.47. The number of alkyl halides is 8. The average molecular weight is 365 g/mol. The fraction of sp³-hybridized carbons (Fsp3) is 0.583. The van der Waals surface area contributed by atoms with Gasteiger partial charge < -0.3 is 5.73 Å². The van der Waals surface area contributed by atoms with Crippen LogP contribution in [0.1, 0.15) is 6.42 Å². The molecule has 0 aliphatic carbocycles. The van der Waals surface area contributed by atoms with Crippen LogP contribution in [0.3, 0.4) is 0 Å². The smallest absolute Gasteiger partial charge is 0.330 e. The van der Waals surface area contributed by atoms with E-state index in [1.807, 2.05) is 0 Å². The Morgan fingerprint density at radius 3 is 2.17 bits per heavy atom. The summed E-state index contributed by atoms with van der Waals surface area (Å²) in [6.07, 6.45) is -14.0. The molecule has 1 aliphatic rings. The Labute approximate surface area is 130 Å². The molecular formula is C12H11F8N3O. The molecule has 1 atom stereocenters. The van der Waals surface area contributed by atoms with E-state index >= 15 is 0 Å². The number of nitriles is 1. The molecule has 4 nitrogen and oxygen atoms in total. The average Bonchev–Trinajstić information content (AvgIpc) is 2.44. The monoisotopic (exact) mass is 365 g/mol. The largest absolute Gasteiger partial charge is 0.456 e. The summed E-state index contributed by atoms with van der Waals surface area (Å²) in [5.74, 6) is -5.43. The molecule has 2 N–H and O–H groups in total. The Hall–Kier alpha value is -1.87. The Balaban J connectivity index is 3.15. The summed E-state index contributed by atoms with van der Waals surface area (Å²) < 4.78 is 103. The Bertz CT molecular complexity index is 558. The third kappa shape index (κ3) is 4.35. The van der Waals surface area contributed by atoms with Crippen molar-refractivity contribution in [3.8, 4) is 6.07 Å². The Morgan fingerprint density at radius 2 is 1.75 bits per heavy atom. The second-order valence-corrected chi connectivity index (χ2v) is 4.68. The molecule has 0 amide bonds. The zero-order chi connectivity index (χ0) is 18.8. The van der Waals surface area contributed by atoms with Crippen LogP contribution in [0.2, 0.25) is 0 Å². The van der Waals surface area contributed by atoms with Crippen molar-refractivity contribution in [2.45, 2.75) is 30.8 Å². The van der Waals surface area contributed by atoms with Crippen LogP contribution in [-0.4, -0.2) is 42.5 Å². The maximum absolute atomic E-state index is 13.4. The van der Waals surface area contributed by atoms with Crippen LogP contribution in [0.4, 0.5) is 35.1 Å². The molecule has 0 spiro atoms. The van der Waals surface area contributed by atoms with Crippen LogP contribution in [-0.2, 0) is 4.84 Å². The third-order valence-corrected chi connectivity index (χ3v) is 2.92. The molecule has 1 heterocycles. The Morgan fingerprint density at radius 1 is 1.17 bits per heavy atom. The first kappa shape index (κ1) is 20.2. The first-order valence-electron chi connectivity index (χ1n) is 6.31. The lowest BCUT2D eigenvalue weighted by Gasteiger charge is -2.35. The first-order valence-corrected chi connectivity index (χ1v) is 6.31. The minimum atomic E-state index is -6.04. The summed E-state index contributed by atoms with van der Waals surface area (Å²) in [5.41, 5.74) is 3.02. The highest BCUT2D eigenvalue weighted by Crippen LogP contribution is 2.42. The molecule has 1 unspecified atom stereocenters. The lowest BCUT2D eigenvalue weighted by atomic mass is 10.1. The third-order valence-electron chi connectivity index (χ3n) is 2.92. The molecular weight excluding hydrogens is 354 g/mol. The van der Waals surface area contributed by atoms with E-state index in [0.717, 1.165) is 6.08 Å². The zero-order valence-electron chi connectivity index (χ0n) is 11.8. The van der Waals surface area contributed by atoms with Crippen molar-refractivity contribution in [3.63, 3.8) is 0 Å². The standard InChI is InChI=1S/C12H11F8N3O/c13-10(14,12(18,19)20)9(3-4-21)24-23-6-7(5-22)1-2-8(23)11(15,16)17/h1-2,9H,3-4,6,21H2. The van der Waals surface area contributed by atoms with Crippen molar-refractivity contribution in [1.29, 1.82) is 5.26 Å². The van der Waals surface area contributed by atoms with Crippen molar-refractivity contribution in [2.75, 3.05) is 13.1 Å². The predicted octanol–water partition coefficient (Wildman–Crippen LogP) is 3.04. The van der Waals surface area contributed by atoms with E-state index in [2.05, 4.69) is 4.84 Å². The minimum absolute atomic E-state index is 0.196. The molecule has 1 rings (SSSR count). The predicted molar refractivity (Wildman–Crippen MR) is 64.1 cm³/mol. The van der Waals surface area contributed by atoms with Gasteiger partial charge in [-0.05, 0) is 25.1 Å². The van der Waals surface area contributed by atoms with Crippen molar-refractivity contribution in [2.24, 2.45) is 5.73 Å². The molecule has 136 valence electrons. The van der Waals surface area contributed by atoms with Crippen molar-refractivity contribution in [3.05, 3.63) is 23.4 Å². The summed E-state index contributed by atoms with van der Waals surface area (Å²) in [6.45, 7) is -1.62. The van der Waals surface area contributed by atoms with Gasteiger partial charge >= 0.3 is 18.3 Å². The second-order valence-electron chi connectivity index (χ2n) is 4.68. The summed E-state index contributed by atoms with van der Waals surface area (Å²) >= 11 is 0. The normalized spacial score (nSPS) is 17.9. The fourth-order valence-corrected chi connectivity index (χ4v) is 1.75. The topological polar surface area (TPSA) is 62.3 Å². The molecule has 0 aromatic carbocycles. The van der Waals surface area contributed by atoms with Gasteiger partial charge in [0.2, 0.25) is 0 Å². The molecule has 0 fully saturated rings. The van der Waals surface area contributed by atoms with Gasteiger partial charge in [0.05, 0.1) is 18.2 Å². The number of halogens is 8. The number of nitrogens with two attached hydrogens (primary N) is 1. The highest BCUT2D eigenvalue weighted by molar-refractivity contribution is 5.33. The van der Waals surface area contributed by atoms with Crippen LogP contribution in [0, 0.1) is 11.3 Å². The number of rotatable bonds is 5. The lowest BCUT2D eigenvalue weighted by molar-refractivity contribution is -0.350. The molecule has 1 aliphatic heterocycles. The summed E-state index contributed by atoms with van der Waals surface area (Å²) in [4.78, 5) is 4.30. The number of hydrogen-bond acceptors (Lipinski definition) is 4. The van der Waals surface area contributed by atoms with Gasteiger partial charge in [-0.25, -0.2) is 5.06 Å². The lowest BCUT2D eigenvalue weighted by Crippen LogP contribution is -2.52. The van der Waals surface area contributed by atoms with E-state index in [4.69, 9.17) is 11.0 Å². The van der Waals surface area contributed by atoms with Gasteiger partial charge in [0, 0.05) is 0 Å². The van der Waals surface area contributed by atoms with E-state index in [-0.39, 0.29) is 10.6 Å². The summed E-state index contributed by atoms with van der Waals surface area (Å²) in [5, 5.41) is 8.47. The van der Waals surface area contributed by atoms with Gasteiger partial charge in [-0.15, -0.1) is 0 Å². The van der Waals surface area contributed by atoms with E-state index in [9.17, 15) is 35.1 Å². The molecule has 0 aromatic rings. The van der Waals surface area contributed by atoms with Crippen molar-refractivity contribution >= 4 is 0 Å². The van der Waals surface area contributed by atoms with Crippen LogP contribution < -0.4 is 5.73 Å².